The maximum absolute atomic E-state index is 5.60. The summed E-state index contributed by atoms with van der Waals surface area (Å²) >= 11 is 0. The first-order chi connectivity index (χ1) is 13.2. The molecule has 7 heteroatoms. The molecule has 1 unspecified atom stereocenters. The molecule has 2 heterocycles. The van der Waals surface area contributed by atoms with Crippen molar-refractivity contribution in [2.24, 2.45) is 10.9 Å². The minimum absolute atomic E-state index is 0. The van der Waals surface area contributed by atoms with Gasteiger partial charge in [0.15, 0.2) is 5.96 Å². The predicted molar refractivity (Wildman–Crippen MR) is 128 cm³/mol. The van der Waals surface area contributed by atoms with Gasteiger partial charge in [0.2, 0.25) is 0 Å². The van der Waals surface area contributed by atoms with Crippen LogP contribution >= 0.6 is 24.0 Å². The standard InChI is InChI=1S/C21H41N5O.HI/c1-19(17-25-10-6-7-11-25)16-23-20(22-2)24-18-21(8-4-3-5-9-21)26-12-14-27-15-13-26;/h19H,3-18H2,1-2H3,(H2,22,23,24);1H. The highest BCUT2D eigenvalue weighted by Crippen LogP contribution is 2.33. The summed E-state index contributed by atoms with van der Waals surface area (Å²) in [6.07, 6.45) is 9.40. The Kier molecular flexibility index (Phi) is 10.8. The Morgan fingerprint density at radius 3 is 2.32 bits per heavy atom. The number of aliphatic imine (C=N–C) groups is 1. The number of guanidine groups is 1. The Morgan fingerprint density at radius 2 is 1.68 bits per heavy atom. The number of halogens is 1. The van der Waals surface area contributed by atoms with Crippen LogP contribution in [0.4, 0.5) is 0 Å². The first-order valence-electron chi connectivity index (χ1n) is 11.2. The summed E-state index contributed by atoms with van der Waals surface area (Å²) in [7, 11) is 1.89. The van der Waals surface area contributed by atoms with Crippen LogP contribution in [0.3, 0.4) is 0 Å². The highest BCUT2D eigenvalue weighted by Gasteiger charge is 2.38. The van der Waals surface area contributed by atoms with Gasteiger partial charge in [-0.15, -0.1) is 24.0 Å². The molecule has 0 bridgehead atoms. The maximum Gasteiger partial charge on any atom is 0.191 e. The van der Waals surface area contributed by atoms with Crippen molar-refractivity contribution in [3.8, 4) is 0 Å². The van der Waals surface area contributed by atoms with Crippen LogP contribution in [0.5, 0.6) is 0 Å². The van der Waals surface area contributed by atoms with Crippen molar-refractivity contribution in [2.45, 2.75) is 57.4 Å². The van der Waals surface area contributed by atoms with Gasteiger partial charge in [-0.05, 0) is 44.7 Å². The molecule has 3 rings (SSSR count). The van der Waals surface area contributed by atoms with Gasteiger partial charge in [0, 0.05) is 45.3 Å². The molecule has 2 saturated heterocycles. The summed E-state index contributed by atoms with van der Waals surface area (Å²) in [5.74, 6) is 1.60. The van der Waals surface area contributed by atoms with Gasteiger partial charge in [0.25, 0.3) is 0 Å². The molecule has 3 fully saturated rings. The third-order valence-corrected chi connectivity index (χ3v) is 6.66. The van der Waals surface area contributed by atoms with Gasteiger partial charge in [0.05, 0.1) is 13.2 Å². The third kappa shape index (κ3) is 6.99. The van der Waals surface area contributed by atoms with E-state index in [-0.39, 0.29) is 29.5 Å². The van der Waals surface area contributed by atoms with Crippen LogP contribution in [-0.4, -0.2) is 87.4 Å². The molecule has 2 N–H and O–H groups in total. The van der Waals surface area contributed by atoms with E-state index in [1.54, 1.807) is 0 Å². The lowest BCUT2D eigenvalue weighted by atomic mass is 9.80. The number of nitrogens with one attached hydrogen (secondary N) is 2. The molecule has 1 atom stereocenters. The Hall–Kier alpha value is -0.120. The number of likely N-dealkylation sites (tertiary alicyclic amines) is 1. The average molecular weight is 508 g/mol. The minimum Gasteiger partial charge on any atom is -0.379 e. The van der Waals surface area contributed by atoms with Gasteiger partial charge in [-0.1, -0.05) is 26.2 Å². The molecule has 0 aromatic heterocycles. The van der Waals surface area contributed by atoms with Crippen LogP contribution in [-0.2, 0) is 4.74 Å². The molecule has 0 aromatic carbocycles. The van der Waals surface area contributed by atoms with Crippen molar-refractivity contribution in [2.75, 3.05) is 66.1 Å². The number of rotatable bonds is 7. The monoisotopic (exact) mass is 507 g/mol. The number of morpholine rings is 1. The molecule has 28 heavy (non-hydrogen) atoms. The van der Waals surface area contributed by atoms with Crippen molar-refractivity contribution < 1.29 is 4.74 Å². The predicted octanol–water partition coefficient (Wildman–Crippen LogP) is 2.54. The topological polar surface area (TPSA) is 52.1 Å². The summed E-state index contributed by atoms with van der Waals surface area (Å²) in [5, 5.41) is 7.24. The highest BCUT2D eigenvalue weighted by atomic mass is 127. The van der Waals surface area contributed by atoms with E-state index in [4.69, 9.17) is 4.74 Å². The second kappa shape index (κ2) is 12.5. The second-order valence-electron chi connectivity index (χ2n) is 8.80. The van der Waals surface area contributed by atoms with Crippen molar-refractivity contribution in [3.63, 3.8) is 0 Å². The van der Waals surface area contributed by atoms with Crippen molar-refractivity contribution in [1.29, 1.82) is 0 Å². The van der Waals surface area contributed by atoms with Crippen molar-refractivity contribution >= 4 is 29.9 Å². The first-order valence-corrected chi connectivity index (χ1v) is 11.2. The van der Waals surface area contributed by atoms with Gasteiger partial charge in [0.1, 0.15) is 0 Å². The molecular formula is C21H42IN5O. The van der Waals surface area contributed by atoms with E-state index in [2.05, 4.69) is 32.3 Å². The lowest BCUT2D eigenvalue weighted by Crippen LogP contribution is -2.60. The van der Waals surface area contributed by atoms with E-state index in [0.29, 0.717) is 5.92 Å². The molecule has 3 aliphatic rings. The smallest absolute Gasteiger partial charge is 0.191 e. The van der Waals surface area contributed by atoms with Crippen LogP contribution in [0, 0.1) is 5.92 Å². The van der Waals surface area contributed by atoms with Crippen LogP contribution in [0.2, 0.25) is 0 Å². The van der Waals surface area contributed by atoms with Crippen LogP contribution in [0.1, 0.15) is 51.9 Å². The minimum atomic E-state index is 0. The Balaban J connectivity index is 0.00000280. The molecule has 0 amide bonds. The summed E-state index contributed by atoms with van der Waals surface area (Å²) < 4.78 is 5.60. The zero-order valence-electron chi connectivity index (χ0n) is 18.0. The summed E-state index contributed by atoms with van der Waals surface area (Å²) in [4.78, 5) is 9.77. The van der Waals surface area contributed by atoms with E-state index in [9.17, 15) is 0 Å². The molecule has 2 aliphatic heterocycles. The van der Waals surface area contributed by atoms with E-state index >= 15 is 0 Å². The van der Waals surface area contributed by atoms with Gasteiger partial charge >= 0.3 is 0 Å². The Bertz CT molecular complexity index is 458. The van der Waals surface area contributed by atoms with E-state index in [0.717, 1.165) is 45.4 Å². The largest absolute Gasteiger partial charge is 0.379 e. The SMILES string of the molecule is CN=C(NCC(C)CN1CCCC1)NCC1(N2CCOCC2)CCCCC1.I. The van der Waals surface area contributed by atoms with E-state index in [1.165, 1.54) is 64.6 Å². The molecular weight excluding hydrogens is 465 g/mol. The zero-order valence-corrected chi connectivity index (χ0v) is 20.4. The molecule has 0 radical (unpaired) electrons. The quantitative estimate of drug-likeness (QED) is 0.315. The summed E-state index contributed by atoms with van der Waals surface area (Å²) in [6, 6.07) is 0. The summed E-state index contributed by atoms with van der Waals surface area (Å²) in [5.41, 5.74) is 0.279. The lowest BCUT2D eigenvalue weighted by molar-refractivity contribution is -0.0352. The number of ether oxygens (including phenoxy) is 1. The first kappa shape index (κ1) is 24.2. The Morgan fingerprint density at radius 1 is 1.00 bits per heavy atom. The van der Waals surface area contributed by atoms with Crippen molar-refractivity contribution in [3.05, 3.63) is 0 Å². The van der Waals surface area contributed by atoms with Crippen molar-refractivity contribution in [1.82, 2.24) is 20.4 Å². The number of hydrogen-bond donors (Lipinski definition) is 2. The van der Waals surface area contributed by atoms with Crippen LogP contribution < -0.4 is 10.6 Å². The molecule has 0 aromatic rings. The fourth-order valence-electron chi connectivity index (χ4n) is 5.06. The van der Waals surface area contributed by atoms with Gasteiger partial charge < -0.3 is 20.3 Å². The molecule has 6 nitrogen and oxygen atoms in total. The van der Waals surface area contributed by atoms with Gasteiger partial charge in [-0.3, -0.25) is 9.89 Å². The molecule has 1 saturated carbocycles. The lowest BCUT2D eigenvalue weighted by Gasteiger charge is -2.48. The average Bonchev–Trinajstić information content (AvgIpc) is 3.22. The van der Waals surface area contributed by atoms with Crippen LogP contribution in [0.15, 0.2) is 4.99 Å². The fourth-order valence-corrected chi connectivity index (χ4v) is 5.06. The highest BCUT2D eigenvalue weighted by molar-refractivity contribution is 14.0. The second-order valence-corrected chi connectivity index (χ2v) is 8.80. The van der Waals surface area contributed by atoms with Gasteiger partial charge in [-0.25, -0.2) is 0 Å². The van der Waals surface area contributed by atoms with E-state index in [1.807, 2.05) is 7.05 Å². The normalized spacial score (nSPS) is 25.1. The molecule has 1 aliphatic carbocycles. The fraction of sp³-hybridized carbons (Fsp3) is 0.952. The van der Waals surface area contributed by atoms with Crippen LogP contribution in [0.25, 0.3) is 0 Å². The number of nitrogens with zero attached hydrogens (tertiary/aromatic N) is 3. The zero-order chi connectivity index (χ0) is 19.0. The molecule has 164 valence electrons. The van der Waals surface area contributed by atoms with E-state index < -0.39 is 0 Å². The molecule has 0 spiro atoms. The third-order valence-electron chi connectivity index (χ3n) is 6.66. The number of hydrogen-bond acceptors (Lipinski definition) is 4. The maximum atomic E-state index is 5.60. The van der Waals surface area contributed by atoms with Gasteiger partial charge in [-0.2, -0.15) is 0 Å². The Labute approximate surface area is 189 Å². The summed E-state index contributed by atoms with van der Waals surface area (Å²) in [6.45, 7) is 12.0.